The van der Waals surface area contributed by atoms with Gasteiger partial charge in [0.25, 0.3) is 5.91 Å². The van der Waals surface area contributed by atoms with E-state index < -0.39 is 0 Å². The van der Waals surface area contributed by atoms with Gasteiger partial charge in [-0.1, -0.05) is 0 Å². The summed E-state index contributed by atoms with van der Waals surface area (Å²) in [5.74, 6) is 2.22. The summed E-state index contributed by atoms with van der Waals surface area (Å²) in [6.07, 6.45) is 4.08. The zero-order chi connectivity index (χ0) is 15.5. The number of aryl methyl sites for hydroxylation is 2. The zero-order valence-electron chi connectivity index (χ0n) is 13.1. The van der Waals surface area contributed by atoms with Crippen LogP contribution in [-0.4, -0.2) is 30.4 Å². The average Bonchev–Trinajstić information content (AvgIpc) is 3.21. The Morgan fingerprint density at radius 1 is 1.36 bits per heavy atom. The molecule has 0 bridgehead atoms. The molecule has 5 nitrogen and oxygen atoms in total. The molecular formula is C17H22N2O3. The fraction of sp³-hybridized carbons (Fsp3) is 0.471. The van der Waals surface area contributed by atoms with Gasteiger partial charge in [-0.25, -0.2) is 0 Å². The van der Waals surface area contributed by atoms with Gasteiger partial charge in [0, 0.05) is 6.54 Å². The molecule has 0 aliphatic carbocycles. The van der Waals surface area contributed by atoms with Crippen molar-refractivity contribution in [1.82, 2.24) is 10.2 Å². The van der Waals surface area contributed by atoms with E-state index in [1.54, 1.807) is 12.3 Å². The first-order valence-electron chi connectivity index (χ1n) is 7.78. The Bertz CT molecular complexity index is 624. The van der Waals surface area contributed by atoms with Crippen molar-refractivity contribution in [2.45, 2.75) is 32.7 Å². The molecule has 0 radical (unpaired) electrons. The number of carbonyl (C=O) groups excluding carboxylic acids is 1. The zero-order valence-corrected chi connectivity index (χ0v) is 13.1. The van der Waals surface area contributed by atoms with Crippen molar-refractivity contribution in [1.29, 1.82) is 0 Å². The summed E-state index contributed by atoms with van der Waals surface area (Å²) in [6.45, 7) is 6.29. The SMILES string of the molecule is Cc1cc(C(=O)NCC(c2ccco2)N2CCCC2)c(C)o1. The molecule has 2 aromatic heterocycles. The summed E-state index contributed by atoms with van der Waals surface area (Å²) in [5.41, 5.74) is 0.608. The highest BCUT2D eigenvalue weighted by molar-refractivity contribution is 5.95. The number of nitrogens with one attached hydrogen (secondary N) is 1. The summed E-state index contributed by atoms with van der Waals surface area (Å²) in [4.78, 5) is 14.7. The van der Waals surface area contributed by atoms with Crippen LogP contribution in [0, 0.1) is 13.8 Å². The van der Waals surface area contributed by atoms with Crippen LogP contribution in [0.3, 0.4) is 0 Å². The molecular weight excluding hydrogens is 280 g/mol. The van der Waals surface area contributed by atoms with Crippen molar-refractivity contribution in [3.05, 3.63) is 47.3 Å². The third kappa shape index (κ3) is 3.09. The average molecular weight is 302 g/mol. The molecule has 3 heterocycles. The number of rotatable bonds is 5. The number of amides is 1. The smallest absolute Gasteiger partial charge is 0.254 e. The second-order valence-corrected chi connectivity index (χ2v) is 5.81. The van der Waals surface area contributed by atoms with Crippen LogP contribution in [0.2, 0.25) is 0 Å². The highest BCUT2D eigenvalue weighted by Gasteiger charge is 2.26. The number of nitrogens with zero attached hydrogens (tertiary/aromatic N) is 1. The van der Waals surface area contributed by atoms with Gasteiger partial charge in [0.05, 0.1) is 17.9 Å². The minimum atomic E-state index is -0.0925. The molecule has 1 amide bonds. The van der Waals surface area contributed by atoms with Gasteiger partial charge in [-0.05, 0) is 58.0 Å². The molecule has 1 atom stereocenters. The molecule has 0 spiro atoms. The van der Waals surface area contributed by atoms with Crippen LogP contribution in [0.1, 0.15) is 46.5 Å². The van der Waals surface area contributed by atoms with E-state index in [0.717, 1.165) is 24.6 Å². The molecule has 3 rings (SSSR count). The largest absolute Gasteiger partial charge is 0.468 e. The highest BCUT2D eigenvalue weighted by atomic mass is 16.3. The van der Waals surface area contributed by atoms with Gasteiger partial charge in [0.1, 0.15) is 17.3 Å². The standard InChI is InChI=1S/C17H22N2O3/c1-12-10-14(13(2)22-12)17(20)18-11-15(16-6-5-9-21-16)19-7-3-4-8-19/h5-6,9-10,15H,3-4,7-8,11H2,1-2H3,(H,18,20). The van der Waals surface area contributed by atoms with Gasteiger partial charge in [0.15, 0.2) is 0 Å². The third-order valence-corrected chi connectivity index (χ3v) is 4.19. The number of furan rings is 2. The number of likely N-dealkylation sites (tertiary alicyclic amines) is 1. The first-order chi connectivity index (χ1) is 10.6. The molecule has 5 heteroatoms. The van der Waals surface area contributed by atoms with Gasteiger partial charge < -0.3 is 14.2 Å². The predicted octanol–water partition coefficient (Wildman–Crippen LogP) is 3.06. The lowest BCUT2D eigenvalue weighted by atomic mass is 10.1. The van der Waals surface area contributed by atoms with Crippen molar-refractivity contribution in [2.75, 3.05) is 19.6 Å². The lowest BCUT2D eigenvalue weighted by Gasteiger charge is -2.25. The molecule has 1 aliphatic rings. The van der Waals surface area contributed by atoms with Crippen molar-refractivity contribution in [2.24, 2.45) is 0 Å². The Hall–Kier alpha value is -2.01. The lowest BCUT2D eigenvalue weighted by Crippen LogP contribution is -2.36. The Balaban J connectivity index is 1.68. The Morgan fingerprint density at radius 3 is 2.73 bits per heavy atom. The van der Waals surface area contributed by atoms with E-state index in [1.807, 2.05) is 26.0 Å². The maximum Gasteiger partial charge on any atom is 0.254 e. The van der Waals surface area contributed by atoms with Gasteiger partial charge in [-0.2, -0.15) is 0 Å². The molecule has 1 fully saturated rings. The first-order valence-corrected chi connectivity index (χ1v) is 7.78. The molecule has 0 saturated carbocycles. The van der Waals surface area contributed by atoms with Gasteiger partial charge in [-0.3, -0.25) is 9.69 Å². The monoisotopic (exact) mass is 302 g/mol. The van der Waals surface area contributed by atoms with Crippen LogP contribution in [0.15, 0.2) is 33.3 Å². The molecule has 0 aromatic carbocycles. The quantitative estimate of drug-likeness (QED) is 0.922. The first kappa shape index (κ1) is 14.9. The van der Waals surface area contributed by atoms with E-state index in [4.69, 9.17) is 8.83 Å². The lowest BCUT2D eigenvalue weighted by molar-refractivity contribution is 0.0932. The van der Waals surface area contributed by atoms with E-state index in [1.165, 1.54) is 12.8 Å². The Morgan fingerprint density at radius 2 is 2.14 bits per heavy atom. The summed E-state index contributed by atoms with van der Waals surface area (Å²) in [6, 6.07) is 5.74. The van der Waals surface area contributed by atoms with E-state index in [-0.39, 0.29) is 11.9 Å². The molecule has 118 valence electrons. The van der Waals surface area contributed by atoms with Crippen molar-refractivity contribution in [3.8, 4) is 0 Å². The third-order valence-electron chi connectivity index (χ3n) is 4.19. The molecule has 1 unspecified atom stereocenters. The Kier molecular flexibility index (Phi) is 4.34. The second kappa shape index (κ2) is 6.40. The van der Waals surface area contributed by atoms with Crippen LogP contribution in [0.4, 0.5) is 0 Å². The van der Waals surface area contributed by atoms with Crippen LogP contribution < -0.4 is 5.32 Å². The molecule has 1 saturated heterocycles. The maximum atomic E-state index is 12.3. The highest BCUT2D eigenvalue weighted by Crippen LogP contribution is 2.25. The van der Waals surface area contributed by atoms with Gasteiger partial charge in [-0.15, -0.1) is 0 Å². The van der Waals surface area contributed by atoms with Crippen molar-refractivity contribution < 1.29 is 13.6 Å². The van der Waals surface area contributed by atoms with Crippen LogP contribution in [0.25, 0.3) is 0 Å². The van der Waals surface area contributed by atoms with Crippen molar-refractivity contribution >= 4 is 5.91 Å². The van der Waals surface area contributed by atoms with Gasteiger partial charge >= 0.3 is 0 Å². The van der Waals surface area contributed by atoms with E-state index in [9.17, 15) is 4.79 Å². The number of carbonyl (C=O) groups is 1. The summed E-state index contributed by atoms with van der Waals surface area (Å²) in [7, 11) is 0. The Labute approximate surface area is 130 Å². The van der Waals surface area contributed by atoms with Crippen molar-refractivity contribution in [3.63, 3.8) is 0 Å². The fourth-order valence-corrected chi connectivity index (χ4v) is 3.08. The van der Waals surface area contributed by atoms with E-state index in [0.29, 0.717) is 17.9 Å². The van der Waals surface area contributed by atoms with Crippen LogP contribution in [0.5, 0.6) is 0 Å². The molecule has 1 N–H and O–H groups in total. The normalized spacial score (nSPS) is 16.8. The molecule has 2 aromatic rings. The second-order valence-electron chi connectivity index (χ2n) is 5.81. The van der Waals surface area contributed by atoms with E-state index >= 15 is 0 Å². The van der Waals surface area contributed by atoms with Crippen LogP contribution >= 0.6 is 0 Å². The van der Waals surface area contributed by atoms with Gasteiger partial charge in [0.2, 0.25) is 0 Å². The summed E-state index contributed by atoms with van der Waals surface area (Å²) < 4.78 is 11.0. The van der Waals surface area contributed by atoms with E-state index in [2.05, 4.69) is 10.2 Å². The minimum absolute atomic E-state index is 0.0924. The maximum absolute atomic E-state index is 12.3. The fourth-order valence-electron chi connectivity index (χ4n) is 3.08. The molecule has 1 aliphatic heterocycles. The summed E-state index contributed by atoms with van der Waals surface area (Å²) >= 11 is 0. The number of hydrogen-bond acceptors (Lipinski definition) is 4. The number of hydrogen-bond donors (Lipinski definition) is 1. The van der Waals surface area contributed by atoms with Crippen LogP contribution in [-0.2, 0) is 0 Å². The molecule has 22 heavy (non-hydrogen) atoms. The minimum Gasteiger partial charge on any atom is -0.468 e. The summed E-state index contributed by atoms with van der Waals surface area (Å²) in [5, 5.41) is 3.02. The predicted molar refractivity (Wildman–Crippen MR) is 82.8 cm³/mol. The topological polar surface area (TPSA) is 58.6 Å².